The second-order valence-corrected chi connectivity index (χ2v) is 8.99. The number of benzene rings is 3. The molecule has 0 saturated heterocycles. The van der Waals surface area contributed by atoms with Crippen LogP contribution in [0.3, 0.4) is 0 Å². The first-order valence-electron chi connectivity index (χ1n) is 12.0. The number of H-pyrrole nitrogens is 1. The maximum atomic E-state index is 14.2. The zero-order valence-corrected chi connectivity index (χ0v) is 22.5. The Morgan fingerprint density at radius 3 is 2.40 bits per heavy atom. The van der Waals surface area contributed by atoms with Gasteiger partial charge in [-0.3, -0.25) is 15.0 Å². The number of rotatable bonds is 9. The summed E-state index contributed by atoms with van der Waals surface area (Å²) in [4.78, 5) is 30.6. The molecule has 0 saturated carbocycles. The Bertz CT molecular complexity index is 1590. The maximum absolute atomic E-state index is 14.2. The summed E-state index contributed by atoms with van der Waals surface area (Å²) >= 11 is 0. The van der Waals surface area contributed by atoms with Crippen molar-refractivity contribution < 1.29 is 33.7 Å². The van der Waals surface area contributed by atoms with Gasteiger partial charge in [-0.15, -0.1) is 12.4 Å². The lowest BCUT2D eigenvalue weighted by molar-refractivity contribution is -0.144. The molecule has 1 atom stereocenters. The van der Waals surface area contributed by atoms with E-state index in [0.29, 0.717) is 22.2 Å². The summed E-state index contributed by atoms with van der Waals surface area (Å²) in [7, 11) is 0. The van der Waals surface area contributed by atoms with Crippen molar-refractivity contribution in [2.75, 3.05) is 13.2 Å². The normalized spacial score (nSPS) is 11.5. The zero-order chi connectivity index (χ0) is 28.3. The number of carbonyl (C=O) groups is 2. The van der Waals surface area contributed by atoms with E-state index in [9.17, 15) is 24.2 Å². The predicted molar refractivity (Wildman–Crippen MR) is 149 cm³/mol. The molecule has 3 aromatic carbocycles. The second-order valence-electron chi connectivity index (χ2n) is 8.99. The van der Waals surface area contributed by atoms with Crippen LogP contribution < -0.4 is 5.73 Å². The zero-order valence-electron chi connectivity index (χ0n) is 21.7. The van der Waals surface area contributed by atoms with E-state index in [1.165, 1.54) is 19.9 Å². The molecule has 0 spiro atoms. The van der Waals surface area contributed by atoms with E-state index in [1.807, 2.05) is 0 Å². The van der Waals surface area contributed by atoms with Crippen LogP contribution in [0.15, 0.2) is 48.5 Å². The summed E-state index contributed by atoms with van der Waals surface area (Å²) in [5.41, 5.74) is 8.13. The fourth-order valence-electron chi connectivity index (χ4n) is 4.22. The van der Waals surface area contributed by atoms with Crippen LogP contribution in [0, 0.1) is 11.2 Å². The molecule has 1 aromatic heterocycles. The van der Waals surface area contributed by atoms with Gasteiger partial charge in [0, 0.05) is 36.5 Å². The molecule has 6 N–H and O–H groups in total. The second kappa shape index (κ2) is 12.5. The first-order valence-corrected chi connectivity index (χ1v) is 12.0. The standard InChI is InChI=1S/C28H27FN4O6.ClH/c1-14(34)38-8-7-17(13-39-15(2)35)18-9-21(20-12-19(29)4-6-25(20)36)26(37)22(10-18)28-32-23-5-3-16(27(30)31)11-24(23)33-28;/h3-6,9-12,17,36-37H,7-8,13H2,1-2H3,(H3,30,31)(H,32,33);1H. The van der Waals surface area contributed by atoms with Gasteiger partial charge < -0.3 is 30.4 Å². The Hall–Kier alpha value is -4.64. The van der Waals surface area contributed by atoms with Crippen molar-refractivity contribution in [3.8, 4) is 34.0 Å². The minimum atomic E-state index is -0.624. The van der Waals surface area contributed by atoms with Crippen LogP contribution in [0.25, 0.3) is 33.5 Å². The van der Waals surface area contributed by atoms with Crippen molar-refractivity contribution in [2.24, 2.45) is 5.73 Å². The van der Waals surface area contributed by atoms with Gasteiger partial charge in [0.1, 0.15) is 29.0 Å². The van der Waals surface area contributed by atoms with Crippen LogP contribution in [0.1, 0.15) is 37.3 Å². The number of fused-ring (bicyclic) bond motifs is 1. The number of nitrogens with one attached hydrogen (secondary N) is 2. The average Bonchev–Trinajstić information content (AvgIpc) is 3.30. The monoisotopic (exact) mass is 570 g/mol. The smallest absolute Gasteiger partial charge is 0.302 e. The molecule has 0 aliphatic heterocycles. The lowest BCUT2D eigenvalue weighted by Gasteiger charge is -2.20. The van der Waals surface area contributed by atoms with Crippen LogP contribution >= 0.6 is 12.4 Å². The molecule has 1 heterocycles. The summed E-state index contributed by atoms with van der Waals surface area (Å²) in [6.45, 7) is 2.53. The number of halogens is 2. The van der Waals surface area contributed by atoms with Crippen LogP contribution in [0.5, 0.6) is 11.5 Å². The Morgan fingerprint density at radius 2 is 1.73 bits per heavy atom. The van der Waals surface area contributed by atoms with E-state index in [1.54, 1.807) is 30.3 Å². The number of hydrogen-bond donors (Lipinski definition) is 5. The summed E-state index contributed by atoms with van der Waals surface area (Å²) in [6, 6.07) is 11.5. The molecule has 10 nitrogen and oxygen atoms in total. The van der Waals surface area contributed by atoms with E-state index < -0.39 is 23.7 Å². The molecule has 0 fully saturated rings. The molecule has 12 heteroatoms. The Balaban J connectivity index is 0.00000441. The molecular weight excluding hydrogens is 543 g/mol. The molecule has 40 heavy (non-hydrogen) atoms. The van der Waals surface area contributed by atoms with E-state index in [-0.39, 0.29) is 71.9 Å². The summed E-state index contributed by atoms with van der Waals surface area (Å²) in [5, 5.41) is 29.6. The van der Waals surface area contributed by atoms with Crippen molar-refractivity contribution in [3.63, 3.8) is 0 Å². The Kier molecular flexibility index (Phi) is 9.33. The number of hydrogen-bond acceptors (Lipinski definition) is 8. The number of amidine groups is 1. The number of nitrogens with zero attached hydrogens (tertiary/aromatic N) is 1. The summed E-state index contributed by atoms with van der Waals surface area (Å²) in [5.74, 6) is -2.50. The quantitative estimate of drug-likeness (QED) is 0.109. The highest BCUT2D eigenvalue weighted by Crippen LogP contribution is 2.43. The summed E-state index contributed by atoms with van der Waals surface area (Å²) in [6.07, 6.45) is 0.272. The maximum Gasteiger partial charge on any atom is 0.302 e. The molecular formula is C28H28ClFN4O6. The highest BCUT2D eigenvalue weighted by atomic mass is 35.5. The van der Waals surface area contributed by atoms with Gasteiger partial charge >= 0.3 is 11.9 Å². The number of phenolic OH excluding ortho intramolecular Hbond substituents is 2. The highest BCUT2D eigenvalue weighted by Gasteiger charge is 2.23. The molecule has 210 valence electrons. The van der Waals surface area contributed by atoms with Crippen LogP contribution in [0.4, 0.5) is 4.39 Å². The van der Waals surface area contributed by atoms with Crippen molar-refractivity contribution in [1.82, 2.24) is 9.97 Å². The fourth-order valence-corrected chi connectivity index (χ4v) is 4.22. The number of aromatic hydroxyl groups is 2. The van der Waals surface area contributed by atoms with Crippen LogP contribution in [0.2, 0.25) is 0 Å². The largest absolute Gasteiger partial charge is 0.507 e. The number of esters is 2. The van der Waals surface area contributed by atoms with E-state index in [2.05, 4.69) is 9.97 Å². The van der Waals surface area contributed by atoms with Crippen LogP contribution in [-0.4, -0.2) is 51.2 Å². The topological polar surface area (TPSA) is 172 Å². The number of ether oxygens (including phenoxy) is 2. The van der Waals surface area contributed by atoms with Gasteiger partial charge in [-0.2, -0.15) is 0 Å². The highest BCUT2D eigenvalue weighted by molar-refractivity contribution is 5.98. The van der Waals surface area contributed by atoms with Gasteiger partial charge in [0.25, 0.3) is 0 Å². The number of carbonyl (C=O) groups excluding carboxylic acids is 2. The predicted octanol–water partition coefficient (Wildman–Crippen LogP) is 4.75. The number of imidazole rings is 1. The van der Waals surface area contributed by atoms with E-state index in [0.717, 1.165) is 12.1 Å². The van der Waals surface area contributed by atoms with Crippen molar-refractivity contribution in [1.29, 1.82) is 5.41 Å². The summed E-state index contributed by atoms with van der Waals surface area (Å²) < 4.78 is 24.5. The molecule has 0 aliphatic rings. The van der Waals surface area contributed by atoms with Gasteiger partial charge in [-0.05, 0) is 60.5 Å². The lowest BCUT2D eigenvalue weighted by Crippen LogP contribution is -2.14. The third kappa shape index (κ3) is 6.67. The number of phenols is 2. The van der Waals surface area contributed by atoms with Crippen molar-refractivity contribution in [2.45, 2.75) is 26.2 Å². The number of nitrogens with two attached hydrogens (primary N) is 1. The van der Waals surface area contributed by atoms with Gasteiger partial charge in [0.15, 0.2) is 0 Å². The van der Waals surface area contributed by atoms with Gasteiger partial charge in [-0.1, -0.05) is 0 Å². The molecule has 0 radical (unpaired) electrons. The molecule has 4 aromatic rings. The SMILES string of the molecule is CC(=O)OCCC(COC(C)=O)c1cc(-c2nc3ccc(C(=N)N)cc3[nH]2)c(O)c(-c2cc(F)ccc2O)c1.Cl. The molecule has 0 amide bonds. The van der Waals surface area contributed by atoms with Crippen molar-refractivity contribution >= 4 is 41.2 Å². The van der Waals surface area contributed by atoms with Gasteiger partial charge in [0.05, 0.1) is 29.8 Å². The van der Waals surface area contributed by atoms with Gasteiger partial charge in [-0.25, -0.2) is 9.37 Å². The lowest BCUT2D eigenvalue weighted by atomic mass is 9.90. The third-order valence-corrected chi connectivity index (χ3v) is 6.16. The third-order valence-electron chi connectivity index (χ3n) is 6.16. The average molecular weight is 571 g/mol. The first-order chi connectivity index (χ1) is 18.5. The minimum absolute atomic E-state index is 0. The van der Waals surface area contributed by atoms with E-state index in [4.69, 9.17) is 20.6 Å². The van der Waals surface area contributed by atoms with E-state index >= 15 is 0 Å². The first kappa shape index (κ1) is 29.9. The van der Waals surface area contributed by atoms with Crippen molar-refractivity contribution in [3.05, 3.63) is 65.5 Å². The van der Waals surface area contributed by atoms with Crippen LogP contribution in [-0.2, 0) is 19.1 Å². The number of nitrogen functional groups attached to an aromatic ring is 1. The fraction of sp³-hybridized carbons (Fsp3) is 0.214. The Morgan fingerprint density at radius 1 is 1.02 bits per heavy atom. The molecule has 0 bridgehead atoms. The molecule has 0 aliphatic carbocycles. The number of aromatic amines is 1. The molecule has 1 unspecified atom stereocenters. The Labute approximate surface area is 234 Å². The minimum Gasteiger partial charge on any atom is -0.507 e. The van der Waals surface area contributed by atoms with Gasteiger partial charge in [0.2, 0.25) is 0 Å². The number of aromatic nitrogens is 2. The molecule has 4 rings (SSSR count).